The van der Waals surface area contributed by atoms with E-state index in [4.69, 9.17) is 4.74 Å². The largest absolute Gasteiger partial charge is 0.508 e. The van der Waals surface area contributed by atoms with Crippen molar-refractivity contribution in [2.45, 2.75) is 39.7 Å². The van der Waals surface area contributed by atoms with E-state index in [1.54, 1.807) is 10.6 Å². The predicted molar refractivity (Wildman–Crippen MR) is 126 cm³/mol. The molecule has 0 aliphatic carbocycles. The van der Waals surface area contributed by atoms with E-state index < -0.39 is 0 Å². The van der Waals surface area contributed by atoms with E-state index in [-0.39, 0.29) is 23.2 Å². The van der Waals surface area contributed by atoms with Gasteiger partial charge in [-0.25, -0.2) is 0 Å². The van der Waals surface area contributed by atoms with Crippen LogP contribution in [-0.4, -0.2) is 42.8 Å². The van der Waals surface area contributed by atoms with Crippen molar-refractivity contribution in [3.63, 3.8) is 0 Å². The summed E-state index contributed by atoms with van der Waals surface area (Å²) in [6.45, 7) is 8.14. The van der Waals surface area contributed by atoms with Gasteiger partial charge in [0, 0.05) is 36.3 Å². The number of hydrogen-bond donors (Lipinski definition) is 2. The summed E-state index contributed by atoms with van der Waals surface area (Å²) in [5.74, 6) is 0.361. The summed E-state index contributed by atoms with van der Waals surface area (Å²) in [7, 11) is 0. The zero-order valence-electron chi connectivity index (χ0n) is 19.0. The maximum Gasteiger partial charge on any atom is 0.239 e. The lowest BCUT2D eigenvalue weighted by atomic mass is 9.98. The molecule has 0 spiro atoms. The Hall–Kier alpha value is -3.83. The second kappa shape index (κ2) is 9.35. The highest BCUT2D eigenvalue weighted by molar-refractivity contribution is 5.83. The van der Waals surface area contributed by atoms with Gasteiger partial charge in [-0.15, -0.1) is 10.2 Å². The van der Waals surface area contributed by atoms with Crippen LogP contribution in [0, 0.1) is 11.3 Å². The van der Waals surface area contributed by atoms with Crippen LogP contribution < -0.4 is 0 Å². The zero-order chi connectivity index (χ0) is 23.5. The lowest BCUT2D eigenvalue weighted by Crippen LogP contribution is -2.05. The van der Waals surface area contributed by atoms with Crippen molar-refractivity contribution in [1.29, 1.82) is 5.26 Å². The van der Waals surface area contributed by atoms with Gasteiger partial charge in [-0.1, -0.05) is 20.8 Å². The lowest BCUT2D eigenvalue weighted by molar-refractivity contribution is 0.127. The minimum absolute atomic E-state index is 0.0171. The molecule has 33 heavy (non-hydrogen) atoms. The number of phenols is 2. The molecule has 0 aliphatic heterocycles. The molecule has 2 aromatic carbocycles. The Morgan fingerprint density at radius 3 is 2.61 bits per heavy atom. The molecule has 2 heterocycles. The lowest BCUT2D eigenvalue weighted by Gasteiger charge is -2.14. The van der Waals surface area contributed by atoms with Crippen molar-refractivity contribution in [2.75, 3.05) is 13.2 Å². The molecule has 8 heteroatoms. The third kappa shape index (κ3) is 4.28. The van der Waals surface area contributed by atoms with E-state index in [9.17, 15) is 15.5 Å². The van der Waals surface area contributed by atoms with Gasteiger partial charge in [0.15, 0.2) is 5.82 Å². The van der Waals surface area contributed by atoms with Gasteiger partial charge in [0.1, 0.15) is 17.6 Å². The number of nitriles is 1. The molecular formula is C25H27N5O3. The Balaban J connectivity index is 1.77. The minimum atomic E-state index is -0.130. The van der Waals surface area contributed by atoms with Crippen LogP contribution in [0.5, 0.6) is 11.5 Å². The molecule has 8 nitrogen and oxygen atoms in total. The van der Waals surface area contributed by atoms with Gasteiger partial charge >= 0.3 is 0 Å². The standard InChI is InChI=1S/C25H27N5O3/c1-4-10-33-11-9-29-8-7-17-12-18(5-6-21(17)29)30-24(15-26)27-28-25(30)20-13-19(16(2)3)22(31)14-23(20)32/h5-8,12-14,16,31-32H,4,9-11H2,1-3H3. The minimum Gasteiger partial charge on any atom is -0.508 e. The molecule has 170 valence electrons. The van der Waals surface area contributed by atoms with Gasteiger partial charge in [-0.05, 0) is 48.2 Å². The number of hydrogen-bond acceptors (Lipinski definition) is 6. The topological polar surface area (TPSA) is 109 Å². The first-order chi connectivity index (χ1) is 15.9. The van der Waals surface area contributed by atoms with Crippen LogP contribution in [0.2, 0.25) is 0 Å². The molecule has 0 fully saturated rings. The number of phenolic OH excluding ortho intramolecular Hbond substituents is 2. The Morgan fingerprint density at radius 1 is 1.06 bits per heavy atom. The highest BCUT2D eigenvalue weighted by Gasteiger charge is 2.21. The number of aromatic hydroxyl groups is 2. The van der Waals surface area contributed by atoms with Gasteiger partial charge in [0.05, 0.1) is 17.9 Å². The van der Waals surface area contributed by atoms with Crippen LogP contribution in [-0.2, 0) is 11.3 Å². The fourth-order valence-corrected chi connectivity index (χ4v) is 3.94. The predicted octanol–water partition coefficient (Wildman–Crippen LogP) is 4.72. The van der Waals surface area contributed by atoms with Crippen molar-refractivity contribution in [2.24, 2.45) is 0 Å². The summed E-state index contributed by atoms with van der Waals surface area (Å²) in [4.78, 5) is 0. The van der Waals surface area contributed by atoms with Crippen LogP contribution in [0.25, 0.3) is 28.0 Å². The Labute approximate surface area is 192 Å². The monoisotopic (exact) mass is 445 g/mol. The maximum absolute atomic E-state index is 10.6. The van der Waals surface area contributed by atoms with Crippen molar-refractivity contribution in [1.82, 2.24) is 19.3 Å². The SMILES string of the molecule is CCCOCCn1ccc2cc(-n3c(C#N)nnc3-c3cc(C(C)C)c(O)cc3O)ccc21. The van der Waals surface area contributed by atoms with E-state index in [1.165, 1.54) is 6.07 Å². The van der Waals surface area contributed by atoms with Gasteiger partial charge in [0.2, 0.25) is 5.82 Å². The first-order valence-corrected chi connectivity index (χ1v) is 11.0. The van der Waals surface area contributed by atoms with E-state index in [0.717, 1.165) is 30.5 Å². The second-order valence-electron chi connectivity index (χ2n) is 8.24. The molecule has 4 rings (SSSR count). The molecule has 0 unspecified atom stereocenters. The fourth-order valence-electron chi connectivity index (χ4n) is 3.94. The number of benzene rings is 2. The van der Waals surface area contributed by atoms with Crippen LogP contribution in [0.3, 0.4) is 0 Å². The Bertz CT molecular complexity index is 1330. The fraction of sp³-hybridized carbons (Fsp3) is 0.320. The molecule has 0 saturated carbocycles. The van der Waals surface area contributed by atoms with Crippen molar-refractivity contribution in [3.8, 4) is 34.6 Å². The van der Waals surface area contributed by atoms with E-state index in [0.29, 0.717) is 29.2 Å². The third-order valence-electron chi connectivity index (χ3n) is 5.61. The summed E-state index contributed by atoms with van der Waals surface area (Å²) in [6, 6.07) is 13.0. The first-order valence-electron chi connectivity index (χ1n) is 11.0. The smallest absolute Gasteiger partial charge is 0.239 e. The summed E-state index contributed by atoms with van der Waals surface area (Å²) >= 11 is 0. The summed E-state index contributed by atoms with van der Waals surface area (Å²) in [5.41, 5.74) is 2.84. The van der Waals surface area contributed by atoms with Crippen LogP contribution in [0.15, 0.2) is 42.6 Å². The van der Waals surface area contributed by atoms with Crippen molar-refractivity contribution >= 4 is 10.9 Å². The molecule has 0 atom stereocenters. The van der Waals surface area contributed by atoms with Crippen molar-refractivity contribution < 1.29 is 14.9 Å². The highest BCUT2D eigenvalue weighted by Crippen LogP contribution is 2.38. The first kappa shape index (κ1) is 22.4. The molecule has 0 saturated heterocycles. The van der Waals surface area contributed by atoms with Gasteiger partial charge < -0.3 is 19.5 Å². The molecule has 0 bridgehead atoms. The van der Waals surface area contributed by atoms with E-state index in [1.807, 2.05) is 44.3 Å². The summed E-state index contributed by atoms with van der Waals surface area (Å²) in [6.07, 6.45) is 3.01. The quantitative estimate of drug-likeness (QED) is 0.380. The Kier molecular flexibility index (Phi) is 6.33. The highest BCUT2D eigenvalue weighted by atomic mass is 16.5. The normalized spacial score (nSPS) is 11.4. The average molecular weight is 446 g/mol. The molecule has 2 N–H and O–H groups in total. The van der Waals surface area contributed by atoms with Gasteiger partial charge in [-0.2, -0.15) is 5.26 Å². The van der Waals surface area contributed by atoms with Gasteiger partial charge in [-0.3, -0.25) is 4.57 Å². The maximum atomic E-state index is 10.6. The second-order valence-corrected chi connectivity index (χ2v) is 8.24. The zero-order valence-corrected chi connectivity index (χ0v) is 19.0. The summed E-state index contributed by atoms with van der Waals surface area (Å²) in [5, 5.41) is 39.7. The van der Waals surface area contributed by atoms with Crippen LogP contribution >= 0.6 is 0 Å². The molecule has 2 aromatic heterocycles. The number of aromatic nitrogens is 4. The number of nitrogens with zero attached hydrogens (tertiary/aromatic N) is 5. The van der Waals surface area contributed by atoms with Crippen LogP contribution in [0.1, 0.15) is 44.5 Å². The average Bonchev–Trinajstić information content (AvgIpc) is 3.40. The summed E-state index contributed by atoms with van der Waals surface area (Å²) < 4.78 is 9.36. The molecular weight excluding hydrogens is 418 g/mol. The Morgan fingerprint density at radius 2 is 1.88 bits per heavy atom. The molecule has 0 amide bonds. The number of rotatable bonds is 8. The van der Waals surface area contributed by atoms with Crippen LogP contribution in [0.4, 0.5) is 0 Å². The molecule has 4 aromatic rings. The van der Waals surface area contributed by atoms with Crippen molar-refractivity contribution in [3.05, 3.63) is 54.0 Å². The van der Waals surface area contributed by atoms with Gasteiger partial charge in [0.25, 0.3) is 0 Å². The van der Waals surface area contributed by atoms with E-state index >= 15 is 0 Å². The molecule has 0 radical (unpaired) electrons. The van der Waals surface area contributed by atoms with E-state index in [2.05, 4.69) is 27.8 Å². The third-order valence-corrected chi connectivity index (χ3v) is 5.61. The molecule has 0 aliphatic rings. The number of ether oxygens (including phenoxy) is 1. The number of fused-ring (bicyclic) bond motifs is 1.